The van der Waals surface area contributed by atoms with Crippen LogP contribution in [0.1, 0.15) is 36.7 Å². The van der Waals surface area contributed by atoms with Crippen LogP contribution in [-0.2, 0) is 10.2 Å². The molecule has 0 aliphatic carbocycles. The minimum Gasteiger partial charge on any atom is -0.497 e. The number of anilines is 1. The van der Waals surface area contributed by atoms with Gasteiger partial charge in [-0.1, -0.05) is 26.8 Å². The molecule has 2 rings (SSSR count). The quantitative estimate of drug-likeness (QED) is 0.749. The molecule has 0 aliphatic rings. The van der Waals surface area contributed by atoms with Crippen molar-refractivity contribution < 1.29 is 23.8 Å². The average molecular weight is 371 g/mol. The van der Waals surface area contributed by atoms with Crippen LogP contribution in [0.4, 0.5) is 5.69 Å². The molecule has 0 spiro atoms. The Labute approximate surface area is 159 Å². The van der Waals surface area contributed by atoms with Crippen LogP contribution < -0.4 is 19.5 Å². The average Bonchev–Trinajstić information content (AvgIpc) is 2.65. The van der Waals surface area contributed by atoms with Gasteiger partial charge in [0.25, 0.3) is 5.91 Å². The van der Waals surface area contributed by atoms with E-state index in [4.69, 9.17) is 14.2 Å². The molecule has 27 heavy (non-hydrogen) atoms. The highest BCUT2D eigenvalue weighted by Gasteiger charge is 2.17. The molecule has 6 heteroatoms. The van der Waals surface area contributed by atoms with Gasteiger partial charge in [0.2, 0.25) is 0 Å². The molecule has 0 bridgehead atoms. The summed E-state index contributed by atoms with van der Waals surface area (Å²) in [5.74, 6) is 1.07. The van der Waals surface area contributed by atoms with Gasteiger partial charge in [-0.25, -0.2) is 0 Å². The Hall–Kier alpha value is -3.02. The van der Waals surface area contributed by atoms with Gasteiger partial charge in [0.1, 0.15) is 17.2 Å². The third-order valence-electron chi connectivity index (χ3n) is 4.04. The molecular formula is C21H25NO5. The fourth-order valence-electron chi connectivity index (χ4n) is 2.48. The Morgan fingerprint density at radius 3 is 2.33 bits per heavy atom. The first-order valence-electron chi connectivity index (χ1n) is 8.53. The second-order valence-corrected chi connectivity index (χ2v) is 7.02. The minimum absolute atomic E-state index is 0.0653. The zero-order chi connectivity index (χ0) is 20.0. The zero-order valence-electron chi connectivity index (χ0n) is 16.3. The molecule has 0 aromatic heterocycles. The first kappa shape index (κ1) is 20.3. The predicted octanol–water partition coefficient (Wildman–Crippen LogP) is 3.83. The third-order valence-corrected chi connectivity index (χ3v) is 4.04. The smallest absolute Gasteiger partial charge is 0.262 e. The first-order valence-corrected chi connectivity index (χ1v) is 8.53. The number of benzene rings is 2. The van der Waals surface area contributed by atoms with E-state index in [0.717, 1.165) is 5.56 Å². The van der Waals surface area contributed by atoms with Crippen LogP contribution in [-0.4, -0.2) is 33.0 Å². The summed E-state index contributed by atoms with van der Waals surface area (Å²) in [5, 5.41) is 2.80. The molecule has 1 N–H and O–H groups in total. The second kappa shape index (κ2) is 8.58. The SMILES string of the molecule is COc1ccc(OCC(=O)Nc2cc(C(C)(C)C)ccc2OC)c(C=O)c1. The number of carbonyl (C=O) groups is 2. The Kier molecular flexibility index (Phi) is 6.45. The predicted molar refractivity (Wildman–Crippen MR) is 104 cm³/mol. The van der Waals surface area contributed by atoms with Gasteiger partial charge in [0.05, 0.1) is 25.5 Å². The summed E-state index contributed by atoms with van der Waals surface area (Å²) in [7, 11) is 3.06. The summed E-state index contributed by atoms with van der Waals surface area (Å²) in [4.78, 5) is 23.5. The summed E-state index contributed by atoms with van der Waals surface area (Å²) in [6.07, 6.45) is 0.658. The second-order valence-electron chi connectivity index (χ2n) is 7.02. The highest BCUT2D eigenvalue weighted by molar-refractivity contribution is 5.93. The summed E-state index contributed by atoms with van der Waals surface area (Å²) < 4.78 is 15.9. The van der Waals surface area contributed by atoms with E-state index in [1.54, 1.807) is 25.3 Å². The molecule has 0 unspecified atom stereocenters. The van der Waals surface area contributed by atoms with Crippen molar-refractivity contribution in [2.75, 3.05) is 26.1 Å². The molecule has 2 aromatic carbocycles. The maximum Gasteiger partial charge on any atom is 0.262 e. The molecule has 0 heterocycles. The molecular weight excluding hydrogens is 346 g/mol. The van der Waals surface area contributed by atoms with E-state index >= 15 is 0 Å². The topological polar surface area (TPSA) is 73.9 Å². The molecule has 0 aliphatic heterocycles. The van der Waals surface area contributed by atoms with Gasteiger partial charge in [-0.2, -0.15) is 0 Å². The number of carbonyl (C=O) groups excluding carboxylic acids is 2. The van der Waals surface area contributed by atoms with E-state index in [1.165, 1.54) is 7.11 Å². The highest BCUT2D eigenvalue weighted by Crippen LogP contribution is 2.31. The first-order chi connectivity index (χ1) is 12.8. The van der Waals surface area contributed by atoms with Crippen molar-refractivity contribution in [1.29, 1.82) is 0 Å². The van der Waals surface area contributed by atoms with Gasteiger partial charge in [0, 0.05) is 0 Å². The molecule has 0 saturated carbocycles. The van der Waals surface area contributed by atoms with Gasteiger partial charge >= 0.3 is 0 Å². The van der Waals surface area contributed by atoms with Crippen molar-refractivity contribution in [2.24, 2.45) is 0 Å². The Balaban J connectivity index is 2.11. The van der Waals surface area contributed by atoms with E-state index in [9.17, 15) is 9.59 Å². The van der Waals surface area contributed by atoms with E-state index in [0.29, 0.717) is 34.8 Å². The summed E-state index contributed by atoms with van der Waals surface area (Å²) in [6.45, 7) is 6.03. The lowest BCUT2D eigenvalue weighted by Gasteiger charge is -2.21. The Morgan fingerprint density at radius 1 is 1.04 bits per heavy atom. The maximum atomic E-state index is 12.3. The maximum absolute atomic E-state index is 12.3. The number of aldehydes is 1. The van der Waals surface area contributed by atoms with Crippen molar-refractivity contribution >= 4 is 17.9 Å². The standard InChI is InChI=1S/C21H25NO5/c1-21(2,3)15-6-8-19(26-5)17(11-15)22-20(24)13-27-18-9-7-16(25-4)10-14(18)12-23/h6-12H,13H2,1-5H3,(H,22,24). The summed E-state index contributed by atoms with van der Waals surface area (Å²) >= 11 is 0. The Morgan fingerprint density at radius 2 is 1.74 bits per heavy atom. The van der Waals surface area contributed by atoms with Gasteiger partial charge in [-0.15, -0.1) is 0 Å². The van der Waals surface area contributed by atoms with Crippen molar-refractivity contribution in [3.05, 3.63) is 47.5 Å². The molecule has 0 atom stereocenters. The zero-order valence-corrected chi connectivity index (χ0v) is 16.3. The highest BCUT2D eigenvalue weighted by atomic mass is 16.5. The van der Waals surface area contributed by atoms with Crippen molar-refractivity contribution in [3.8, 4) is 17.2 Å². The van der Waals surface area contributed by atoms with Crippen LogP contribution in [0, 0.1) is 0 Å². The molecule has 1 amide bonds. The molecule has 144 valence electrons. The number of nitrogens with one attached hydrogen (secondary N) is 1. The van der Waals surface area contributed by atoms with E-state index in [-0.39, 0.29) is 17.9 Å². The minimum atomic E-state index is -0.355. The van der Waals surface area contributed by atoms with Crippen LogP contribution in [0.25, 0.3) is 0 Å². The lowest BCUT2D eigenvalue weighted by atomic mass is 9.87. The molecule has 0 radical (unpaired) electrons. The molecule has 0 saturated heterocycles. The largest absolute Gasteiger partial charge is 0.497 e. The number of ether oxygens (including phenoxy) is 3. The van der Waals surface area contributed by atoms with Crippen LogP contribution in [0.2, 0.25) is 0 Å². The molecule has 2 aromatic rings. The van der Waals surface area contributed by atoms with Gasteiger partial charge in [-0.3, -0.25) is 9.59 Å². The Bertz CT molecular complexity index is 824. The van der Waals surface area contributed by atoms with E-state index in [1.807, 2.05) is 18.2 Å². The lowest BCUT2D eigenvalue weighted by Crippen LogP contribution is -2.21. The van der Waals surface area contributed by atoms with Gasteiger partial charge in [0.15, 0.2) is 12.9 Å². The number of hydrogen-bond acceptors (Lipinski definition) is 5. The van der Waals surface area contributed by atoms with Gasteiger partial charge < -0.3 is 19.5 Å². The number of hydrogen-bond donors (Lipinski definition) is 1. The van der Waals surface area contributed by atoms with Crippen molar-refractivity contribution in [2.45, 2.75) is 26.2 Å². The van der Waals surface area contributed by atoms with Crippen molar-refractivity contribution in [3.63, 3.8) is 0 Å². The van der Waals surface area contributed by atoms with Gasteiger partial charge in [-0.05, 0) is 41.3 Å². The van der Waals surface area contributed by atoms with Crippen LogP contribution in [0.5, 0.6) is 17.2 Å². The number of amides is 1. The summed E-state index contributed by atoms with van der Waals surface area (Å²) in [5.41, 5.74) is 1.89. The number of methoxy groups -OCH3 is 2. The fraction of sp³-hybridized carbons (Fsp3) is 0.333. The molecule has 6 nitrogen and oxygen atoms in total. The van der Waals surface area contributed by atoms with Crippen LogP contribution in [0.15, 0.2) is 36.4 Å². The monoisotopic (exact) mass is 371 g/mol. The number of rotatable bonds is 7. The van der Waals surface area contributed by atoms with Crippen LogP contribution in [0.3, 0.4) is 0 Å². The molecule has 0 fully saturated rings. The van der Waals surface area contributed by atoms with Crippen molar-refractivity contribution in [1.82, 2.24) is 0 Å². The fourth-order valence-corrected chi connectivity index (χ4v) is 2.48. The normalized spacial score (nSPS) is 10.9. The third kappa shape index (κ3) is 5.23. The van der Waals surface area contributed by atoms with E-state index < -0.39 is 0 Å². The lowest BCUT2D eigenvalue weighted by molar-refractivity contribution is -0.118. The van der Waals surface area contributed by atoms with Crippen LogP contribution >= 0.6 is 0 Å². The summed E-state index contributed by atoms with van der Waals surface area (Å²) in [6, 6.07) is 10.5. The van der Waals surface area contributed by atoms with E-state index in [2.05, 4.69) is 26.1 Å².